The number of nitrogens with zero attached hydrogens (tertiary/aromatic N) is 1. The van der Waals surface area contributed by atoms with Gasteiger partial charge < -0.3 is 10.6 Å². The Morgan fingerprint density at radius 1 is 1.24 bits per heavy atom. The molecule has 1 atom stereocenters. The van der Waals surface area contributed by atoms with Gasteiger partial charge >= 0.3 is 0 Å². The Balaban J connectivity index is 1.65. The number of hydrogen-bond acceptors (Lipinski definition) is 3. The highest BCUT2D eigenvalue weighted by Gasteiger charge is 2.16. The molecule has 2 heterocycles. The maximum absolute atomic E-state index is 13.1. The lowest BCUT2D eigenvalue weighted by Gasteiger charge is -2.22. The van der Waals surface area contributed by atoms with E-state index in [0.717, 1.165) is 30.2 Å². The van der Waals surface area contributed by atoms with Crippen molar-refractivity contribution in [3.05, 3.63) is 59.5 Å². The molecule has 0 aliphatic carbocycles. The molecule has 0 unspecified atom stereocenters. The third kappa shape index (κ3) is 3.79. The fourth-order valence-electron chi connectivity index (χ4n) is 2.72. The van der Waals surface area contributed by atoms with Crippen LogP contribution in [0.5, 0.6) is 0 Å². The fraction of sp³-hybridized carbons (Fsp3) is 0.353. The van der Waals surface area contributed by atoms with Crippen LogP contribution in [0.2, 0.25) is 0 Å². The van der Waals surface area contributed by atoms with Crippen molar-refractivity contribution in [2.75, 3.05) is 18.4 Å². The van der Waals surface area contributed by atoms with Crippen molar-refractivity contribution in [2.24, 2.45) is 0 Å². The minimum atomic E-state index is -0.204. The SMILES string of the molecule is Fc1cccc(CNc2cccc([C@@H]3CCCNC3)n2)c1. The van der Waals surface area contributed by atoms with Crippen molar-refractivity contribution in [1.29, 1.82) is 0 Å². The summed E-state index contributed by atoms with van der Waals surface area (Å²) in [6.07, 6.45) is 2.39. The molecule has 0 radical (unpaired) electrons. The van der Waals surface area contributed by atoms with Crippen LogP contribution in [0.25, 0.3) is 0 Å². The van der Waals surface area contributed by atoms with Crippen LogP contribution in [0.1, 0.15) is 30.0 Å². The third-order valence-corrected chi connectivity index (χ3v) is 3.85. The Hall–Kier alpha value is -1.94. The van der Waals surface area contributed by atoms with Crippen LogP contribution in [0.3, 0.4) is 0 Å². The van der Waals surface area contributed by atoms with Gasteiger partial charge in [0.05, 0.1) is 0 Å². The van der Waals surface area contributed by atoms with Gasteiger partial charge in [-0.3, -0.25) is 0 Å². The van der Waals surface area contributed by atoms with Crippen LogP contribution in [-0.2, 0) is 6.54 Å². The summed E-state index contributed by atoms with van der Waals surface area (Å²) in [5.74, 6) is 1.14. The maximum Gasteiger partial charge on any atom is 0.126 e. The topological polar surface area (TPSA) is 37.0 Å². The number of hydrogen-bond donors (Lipinski definition) is 2. The van der Waals surface area contributed by atoms with Gasteiger partial charge in [-0.05, 0) is 49.2 Å². The van der Waals surface area contributed by atoms with Crippen LogP contribution in [0, 0.1) is 5.82 Å². The molecule has 2 N–H and O–H groups in total. The zero-order chi connectivity index (χ0) is 14.5. The highest BCUT2D eigenvalue weighted by atomic mass is 19.1. The number of nitrogens with one attached hydrogen (secondary N) is 2. The second kappa shape index (κ2) is 6.68. The Labute approximate surface area is 124 Å². The van der Waals surface area contributed by atoms with E-state index in [4.69, 9.17) is 0 Å². The van der Waals surface area contributed by atoms with E-state index in [0.29, 0.717) is 12.5 Å². The van der Waals surface area contributed by atoms with Crippen molar-refractivity contribution in [3.63, 3.8) is 0 Å². The van der Waals surface area contributed by atoms with Gasteiger partial charge in [0.15, 0.2) is 0 Å². The van der Waals surface area contributed by atoms with Gasteiger partial charge in [-0.15, -0.1) is 0 Å². The number of piperidine rings is 1. The highest BCUT2D eigenvalue weighted by Crippen LogP contribution is 2.22. The molecule has 0 amide bonds. The highest BCUT2D eigenvalue weighted by molar-refractivity contribution is 5.37. The predicted octanol–water partition coefficient (Wildman–Crippen LogP) is 3.30. The summed E-state index contributed by atoms with van der Waals surface area (Å²) in [7, 11) is 0. The van der Waals surface area contributed by atoms with E-state index in [-0.39, 0.29) is 5.82 Å². The lowest BCUT2D eigenvalue weighted by atomic mass is 9.96. The first-order chi connectivity index (χ1) is 10.3. The van der Waals surface area contributed by atoms with Crippen LogP contribution < -0.4 is 10.6 Å². The van der Waals surface area contributed by atoms with Gasteiger partial charge in [0.1, 0.15) is 11.6 Å². The lowest BCUT2D eigenvalue weighted by Crippen LogP contribution is -2.28. The number of pyridine rings is 1. The molecule has 21 heavy (non-hydrogen) atoms. The Morgan fingerprint density at radius 2 is 2.14 bits per heavy atom. The largest absolute Gasteiger partial charge is 0.366 e. The second-order valence-electron chi connectivity index (χ2n) is 5.47. The molecule has 1 aromatic heterocycles. The zero-order valence-electron chi connectivity index (χ0n) is 12.0. The second-order valence-corrected chi connectivity index (χ2v) is 5.47. The maximum atomic E-state index is 13.1. The van der Waals surface area contributed by atoms with E-state index in [1.807, 2.05) is 18.2 Å². The molecule has 1 aromatic carbocycles. The fourth-order valence-corrected chi connectivity index (χ4v) is 2.72. The molecule has 1 saturated heterocycles. The van der Waals surface area contributed by atoms with Gasteiger partial charge in [0.25, 0.3) is 0 Å². The van der Waals surface area contributed by atoms with Gasteiger partial charge in [0, 0.05) is 24.7 Å². The van der Waals surface area contributed by atoms with Crippen molar-refractivity contribution >= 4 is 5.82 Å². The number of anilines is 1. The van der Waals surface area contributed by atoms with Crippen LogP contribution in [-0.4, -0.2) is 18.1 Å². The quantitative estimate of drug-likeness (QED) is 0.905. The van der Waals surface area contributed by atoms with Crippen molar-refractivity contribution < 1.29 is 4.39 Å². The minimum absolute atomic E-state index is 0.204. The van der Waals surface area contributed by atoms with E-state index >= 15 is 0 Å². The molecule has 0 saturated carbocycles. The average Bonchev–Trinajstić information content (AvgIpc) is 2.54. The van der Waals surface area contributed by atoms with E-state index < -0.39 is 0 Å². The average molecular weight is 285 g/mol. The van der Waals surface area contributed by atoms with Crippen LogP contribution >= 0.6 is 0 Å². The first-order valence-electron chi connectivity index (χ1n) is 7.47. The summed E-state index contributed by atoms with van der Waals surface area (Å²) in [4.78, 5) is 4.69. The monoisotopic (exact) mass is 285 g/mol. The molecule has 1 aliphatic heterocycles. The van der Waals surface area contributed by atoms with Crippen molar-refractivity contribution in [2.45, 2.75) is 25.3 Å². The summed E-state index contributed by atoms with van der Waals surface area (Å²) in [5.41, 5.74) is 2.05. The van der Waals surface area contributed by atoms with E-state index in [9.17, 15) is 4.39 Å². The summed E-state index contributed by atoms with van der Waals surface area (Å²) in [6.45, 7) is 2.69. The molecule has 1 aliphatic rings. The van der Waals surface area contributed by atoms with Crippen LogP contribution in [0.4, 0.5) is 10.2 Å². The summed E-state index contributed by atoms with van der Waals surface area (Å²) in [5, 5.41) is 6.68. The molecular weight excluding hydrogens is 265 g/mol. The number of aromatic nitrogens is 1. The predicted molar refractivity (Wildman–Crippen MR) is 82.8 cm³/mol. The summed E-state index contributed by atoms with van der Waals surface area (Å²) >= 11 is 0. The molecule has 2 aromatic rings. The first-order valence-corrected chi connectivity index (χ1v) is 7.47. The zero-order valence-corrected chi connectivity index (χ0v) is 12.0. The molecule has 0 bridgehead atoms. The number of halogens is 1. The van der Waals surface area contributed by atoms with Crippen LogP contribution in [0.15, 0.2) is 42.5 Å². The molecule has 3 rings (SSSR count). The molecule has 3 nitrogen and oxygen atoms in total. The summed E-state index contributed by atoms with van der Waals surface area (Å²) < 4.78 is 13.1. The summed E-state index contributed by atoms with van der Waals surface area (Å²) in [6, 6.07) is 12.7. The van der Waals surface area contributed by atoms with Gasteiger partial charge in [0.2, 0.25) is 0 Å². The Kier molecular flexibility index (Phi) is 4.46. The molecular formula is C17H20FN3. The minimum Gasteiger partial charge on any atom is -0.366 e. The lowest BCUT2D eigenvalue weighted by molar-refractivity contribution is 0.455. The Bertz CT molecular complexity index is 594. The third-order valence-electron chi connectivity index (χ3n) is 3.85. The number of rotatable bonds is 4. The van der Waals surface area contributed by atoms with Crippen molar-refractivity contribution in [3.8, 4) is 0 Å². The van der Waals surface area contributed by atoms with Gasteiger partial charge in [-0.1, -0.05) is 18.2 Å². The molecule has 0 spiro atoms. The molecule has 4 heteroatoms. The van der Waals surface area contributed by atoms with E-state index in [1.54, 1.807) is 12.1 Å². The van der Waals surface area contributed by atoms with Gasteiger partial charge in [-0.25, -0.2) is 9.37 Å². The van der Waals surface area contributed by atoms with E-state index in [1.165, 1.54) is 18.9 Å². The smallest absolute Gasteiger partial charge is 0.126 e. The number of benzene rings is 1. The van der Waals surface area contributed by atoms with Gasteiger partial charge in [-0.2, -0.15) is 0 Å². The van der Waals surface area contributed by atoms with E-state index in [2.05, 4.69) is 21.7 Å². The first kappa shape index (κ1) is 14.0. The Morgan fingerprint density at radius 3 is 2.95 bits per heavy atom. The standard InChI is InChI=1S/C17H20FN3/c18-15-6-1-4-13(10-15)11-20-17-8-2-7-16(21-17)14-5-3-9-19-12-14/h1-2,4,6-8,10,14,19H,3,5,9,11-12H2,(H,20,21)/t14-/m1/s1. The normalized spacial score (nSPS) is 18.4. The van der Waals surface area contributed by atoms with Crippen molar-refractivity contribution in [1.82, 2.24) is 10.3 Å². The molecule has 1 fully saturated rings. The molecule has 110 valence electrons.